The Morgan fingerprint density at radius 2 is 1.15 bits per heavy atom. The van der Waals surface area contributed by atoms with E-state index in [9.17, 15) is 4.79 Å². The van der Waals surface area contributed by atoms with Crippen molar-refractivity contribution in [2.45, 2.75) is 0 Å². The monoisotopic (exact) mass is 343 g/mol. The fourth-order valence-corrected chi connectivity index (χ4v) is 2.84. The van der Waals surface area contributed by atoms with Gasteiger partial charge in [-0.1, -0.05) is 48.5 Å². The molecule has 0 spiro atoms. The van der Waals surface area contributed by atoms with Crippen LogP contribution in [-0.4, -0.2) is 4.57 Å². The number of nitrogens with zero attached hydrogens (tertiary/aromatic N) is 1. The highest BCUT2D eigenvalue weighted by Crippen LogP contribution is 2.37. The van der Waals surface area contributed by atoms with E-state index in [1.165, 1.54) is 0 Å². The predicted octanol–water partition coefficient (Wildman–Crippen LogP) is 5.12. The van der Waals surface area contributed by atoms with Gasteiger partial charge in [0.05, 0.1) is 5.52 Å². The number of fused-ring (bicyclic) bond motifs is 1. The smallest absolute Gasteiger partial charge is 0.297 e. The molecular weight excluding hydrogens is 326 g/mol. The number of para-hydroxylation sites is 3. The van der Waals surface area contributed by atoms with Crippen LogP contribution < -0.4 is 15.0 Å². The standard InChI is InChI=1S/C22H17NO3/c1-23-19-15-9-8-14-18(19)20(25-16-10-4-2-5-11-16)21(22(23)24)26-17-12-6-3-7-13-17/h2-15H,1H3. The largest absolute Gasteiger partial charge is 0.452 e. The van der Waals surface area contributed by atoms with Crippen molar-refractivity contribution >= 4 is 10.9 Å². The number of hydrogen-bond acceptors (Lipinski definition) is 3. The number of benzene rings is 3. The van der Waals surface area contributed by atoms with Crippen molar-refractivity contribution in [3.05, 3.63) is 95.3 Å². The first kappa shape index (κ1) is 16.0. The zero-order valence-corrected chi connectivity index (χ0v) is 14.3. The van der Waals surface area contributed by atoms with Crippen LogP contribution in [0, 0.1) is 0 Å². The van der Waals surface area contributed by atoms with Crippen LogP contribution in [0.5, 0.6) is 23.0 Å². The van der Waals surface area contributed by atoms with Crippen molar-refractivity contribution in [2.24, 2.45) is 7.05 Å². The molecule has 0 saturated heterocycles. The molecule has 0 fully saturated rings. The normalized spacial score (nSPS) is 10.7. The first-order valence-electron chi connectivity index (χ1n) is 8.31. The molecule has 0 amide bonds. The Kier molecular flexibility index (Phi) is 4.15. The fourth-order valence-electron chi connectivity index (χ4n) is 2.84. The minimum atomic E-state index is -0.251. The van der Waals surface area contributed by atoms with Crippen LogP contribution >= 0.6 is 0 Å². The van der Waals surface area contributed by atoms with Gasteiger partial charge in [0, 0.05) is 12.4 Å². The summed E-state index contributed by atoms with van der Waals surface area (Å²) in [7, 11) is 1.73. The van der Waals surface area contributed by atoms with Crippen LogP contribution in [0.25, 0.3) is 10.9 Å². The predicted molar refractivity (Wildman–Crippen MR) is 102 cm³/mol. The Balaban J connectivity index is 1.94. The average Bonchev–Trinajstić information content (AvgIpc) is 2.70. The van der Waals surface area contributed by atoms with Crippen LogP contribution in [0.4, 0.5) is 0 Å². The van der Waals surface area contributed by atoms with Gasteiger partial charge in [0.2, 0.25) is 5.75 Å². The number of pyridine rings is 1. The summed E-state index contributed by atoms with van der Waals surface area (Å²) in [6, 6.07) is 26.2. The van der Waals surface area contributed by atoms with E-state index in [-0.39, 0.29) is 11.3 Å². The molecule has 128 valence electrons. The average molecular weight is 343 g/mol. The molecule has 0 aliphatic carbocycles. The van der Waals surface area contributed by atoms with Crippen LogP contribution in [0.2, 0.25) is 0 Å². The molecule has 0 radical (unpaired) electrons. The molecule has 0 unspecified atom stereocenters. The fraction of sp³-hybridized carbons (Fsp3) is 0.0455. The lowest BCUT2D eigenvalue weighted by Crippen LogP contribution is -2.19. The lowest BCUT2D eigenvalue weighted by Gasteiger charge is -2.16. The zero-order chi connectivity index (χ0) is 17.9. The quantitative estimate of drug-likeness (QED) is 0.516. The number of ether oxygens (including phenoxy) is 2. The van der Waals surface area contributed by atoms with Crippen molar-refractivity contribution in [3.63, 3.8) is 0 Å². The molecule has 4 nitrogen and oxygen atoms in total. The lowest BCUT2D eigenvalue weighted by atomic mass is 10.2. The molecule has 0 saturated carbocycles. The van der Waals surface area contributed by atoms with E-state index in [4.69, 9.17) is 9.47 Å². The molecular formula is C22H17NO3. The molecule has 4 rings (SSSR count). The maximum absolute atomic E-state index is 13.0. The van der Waals surface area contributed by atoms with Crippen LogP contribution in [0.3, 0.4) is 0 Å². The third-order valence-electron chi connectivity index (χ3n) is 4.14. The van der Waals surface area contributed by atoms with E-state index in [2.05, 4.69) is 0 Å². The van der Waals surface area contributed by atoms with E-state index in [1.54, 1.807) is 23.7 Å². The Bertz CT molecular complexity index is 1100. The summed E-state index contributed by atoms with van der Waals surface area (Å²) in [5.41, 5.74) is 0.530. The van der Waals surface area contributed by atoms with Gasteiger partial charge >= 0.3 is 0 Å². The van der Waals surface area contributed by atoms with Gasteiger partial charge in [0.1, 0.15) is 11.5 Å². The summed E-state index contributed by atoms with van der Waals surface area (Å²) >= 11 is 0. The van der Waals surface area contributed by atoms with E-state index in [0.717, 1.165) is 10.9 Å². The first-order chi connectivity index (χ1) is 12.7. The van der Waals surface area contributed by atoms with Gasteiger partial charge in [-0.15, -0.1) is 0 Å². The minimum absolute atomic E-state index is 0.168. The number of rotatable bonds is 4. The summed E-state index contributed by atoms with van der Waals surface area (Å²) in [4.78, 5) is 13.0. The van der Waals surface area contributed by atoms with Crippen LogP contribution in [0.15, 0.2) is 89.7 Å². The molecule has 0 bridgehead atoms. The van der Waals surface area contributed by atoms with E-state index in [1.807, 2.05) is 72.8 Å². The Labute approximate surface area is 150 Å². The van der Waals surface area contributed by atoms with Crippen molar-refractivity contribution in [1.29, 1.82) is 0 Å². The highest BCUT2D eigenvalue weighted by Gasteiger charge is 2.19. The van der Waals surface area contributed by atoms with Gasteiger partial charge in [-0.25, -0.2) is 0 Å². The van der Waals surface area contributed by atoms with E-state index < -0.39 is 0 Å². The Hall–Kier alpha value is -3.53. The molecule has 0 N–H and O–H groups in total. The number of aromatic nitrogens is 1. The van der Waals surface area contributed by atoms with Gasteiger partial charge in [-0.3, -0.25) is 4.79 Å². The van der Waals surface area contributed by atoms with Gasteiger partial charge in [-0.05, 0) is 36.4 Å². The van der Waals surface area contributed by atoms with Crippen LogP contribution in [-0.2, 0) is 7.05 Å². The Morgan fingerprint density at radius 1 is 0.654 bits per heavy atom. The maximum Gasteiger partial charge on any atom is 0.297 e. The summed E-state index contributed by atoms with van der Waals surface area (Å²) in [6.45, 7) is 0. The maximum atomic E-state index is 13.0. The molecule has 0 aliphatic rings. The second-order valence-corrected chi connectivity index (χ2v) is 5.87. The molecule has 0 aliphatic heterocycles. The van der Waals surface area contributed by atoms with Gasteiger partial charge in [0.15, 0.2) is 5.75 Å². The summed E-state index contributed by atoms with van der Waals surface area (Å²) in [5, 5.41) is 0.810. The second kappa shape index (κ2) is 6.76. The van der Waals surface area contributed by atoms with Crippen molar-refractivity contribution in [2.75, 3.05) is 0 Å². The van der Waals surface area contributed by atoms with Gasteiger partial charge in [-0.2, -0.15) is 0 Å². The zero-order valence-electron chi connectivity index (χ0n) is 14.3. The van der Waals surface area contributed by atoms with Gasteiger partial charge in [0.25, 0.3) is 5.56 Å². The minimum Gasteiger partial charge on any atom is -0.452 e. The first-order valence-corrected chi connectivity index (χ1v) is 8.31. The summed E-state index contributed by atoms with van der Waals surface area (Å²) in [5.74, 6) is 1.81. The van der Waals surface area contributed by atoms with Crippen molar-refractivity contribution in [3.8, 4) is 23.0 Å². The molecule has 3 aromatic carbocycles. The highest BCUT2D eigenvalue weighted by atomic mass is 16.5. The number of aryl methyl sites for hydroxylation is 1. The summed E-state index contributed by atoms with van der Waals surface area (Å²) in [6.07, 6.45) is 0. The van der Waals surface area contributed by atoms with Crippen LogP contribution in [0.1, 0.15) is 0 Å². The molecule has 4 aromatic rings. The third kappa shape index (κ3) is 2.93. The highest BCUT2D eigenvalue weighted by molar-refractivity contribution is 5.88. The summed E-state index contributed by atoms with van der Waals surface area (Å²) < 4.78 is 13.6. The van der Waals surface area contributed by atoms with E-state index >= 15 is 0 Å². The molecule has 1 heterocycles. The number of hydrogen-bond donors (Lipinski definition) is 0. The second-order valence-electron chi connectivity index (χ2n) is 5.87. The molecule has 1 aromatic heterocycles. The van der Waals surface area contributed by atoms with Crippen molar-refractivity contribution < 1.29 is 9.47 Å². The Morgan fingerprint density at radius 3 is 1.77 bits per heavy atom. The third-order valence-corrected chi connectivity index (χ3v) is 4.14. The molecule has 0 atom stereocenters. The van der Waals surface area contributed by atoms with E-state index in [0.29, 0.717) is 17.2 Å². The van der Waals surface area contributed by atoms with Gasteiger partial charge < -0.3 is 14.0 Å². The molecule has 4 heteroatoms. The lowest BCUT2D eigenvalue weighted by molar-refractivity contribution is 0.414. The topological polar surface area (TPSA) is 40.5 Å². The molecule has 26 heavy (non-hydrogen) atoms. The SMILES string of the molecule is Cn1c(=O)c(Oc2ccccc2)c(Oc2ccccc2)c2ccccc21. The van der Waals surface area contributed by atoms with Crippen molar-refractivity contribution in [1.82, 2.24) is 4.57 Å².